The van der Waals surface area contributed by atoms with E-state index in [9.17, 15) is 9.59 Å². The summed E-state index contributed by atoms with van der Waals surface area (Å²) in [6.07, 6.45) is 0. The third kappa shape index (κ3) is 8.08. The number of carbonyl (C=O) groups is 2. The molecule has 0 fully saturated rings. The van der Waals surface area contributed by atoms with Crippen LogP contribution in [0.25, 0.3) is 0 Å². The normalized spacial score (nSPS) is 10.0. The second-order valence-electron chi connectivity index (χ2n) is 6.95. The molecule has 0 aliphatic carbocycles. The molecule has 0 unspecified atom stereocenters. The van der Waals surface area contributed by atoms with E-state index in [1.165, 1.54) is 0 Å². The molecule has 0 heterocycles. The molecule has 2 amide bonds. The van der Waals surface area contributed by atoms with Crippen LogP contribution in [-0.4, -0.2) is 11.8 Å². The van der Waals surface area contributed by atoms with Crippen LogP contribution in [0.5, 0.6) is 0 Å². The quantitative estimate of drug-likeness (QED) is 0.277. The van der Waals surface area contributed by atoms with Crippen molar-refractivity contribution in [3.63, 3.8) is 0 Å². The predicted octanol–water partition coefficient (Wildman–Crippen LogP) is 8.49. The standard InChI is InChI=1S/2C13H9Cl2NO/c2*14-10-4-1-3-9(7-10)13(17)16-12-6-2-5-11(15)8-12/h2*1-8H,(H,16,17). The number of rotatable bonds is 4. The molecule has 0 aliphatic heterocycles. The fourth-order valence-electron chi connectivity index (χ4n) is 2.80. The van der Waals surface area contributed by atoms with E-state index >= 15 is 0 Å². The van der Waals surface area contributed by atoms with E-state index in [-0.39, 0.29) is 11.8 Å². The third-order valence-electron chi connectivity index (χ3n) is 4.34. The number of carbonyl (C=O) groups excluding carboxylic acids is 2. The monoisotopic (exact) mass is 530 g/mol. The lowest BCUT2D eigenvalue weighted by molar-refractivity contribution is 0.101. The van der Waals surface area contributed by atoms with Gasteiger partial charge in [-0.1, -0.05) is 70.7 Å². The van der Waals surface area contributed by atoms with E-state index in [0.29, 0.717) is 42.6 Å². The van der Waals surface area contributed by atoms with Gasteiger partial charge in [0.25, 0.3) is 11.8 Å². The van der Waals surface area contributed by atoms with Crippen LogP contribution in [0.2, 0.25) is 20.1 Å². The first-order chi connectivity index (χ1) is 16.3. The molecule has 0 bridgehead atoms. The Labute approximate surface area is 217 Å². The van der Waals surface area contributed by atoms with Crippen molar-refractivity contribution in [2.75, 3.05) is 10.6 Å². The highest BCUT2D eigenvalue weighted by Crippen LogP contribution is 2.18. The molecule has 8 heteroatoms. The molecule has 0 saturated heterocycles. The number of halogens is 4. The van der Waals surface area contributed by atoms with Gasteiger partial charge in [0.2, 0.25) is 0 Å². The largest absolute Gasteiger partial charge is 0.322 e. The summed E-state index contributed by atoms with van der Waals surface area (Å²) in [6.45, 7) is 0. The molecule has 0 saturated carbocycles. The van der Waals surface area contributed by atoms with Crippen LogP contribution in [0.3, 0.4) is 0 Å². The molecule has 0 spiro atoms. The van der Waals surface area contributed by atoms with Gasteiger partial charge in [-0.2, -0.15) is 0 Å². The minimum Gasteiger partial charge on any atom is -0.322 e. The summed E-state index contributed by atoms with van der Waals surface area (Å²) in [5.41, 5.74) is 2.33. The van der Waals surface area contributed by atoms with Crippen LogP contribution in [-0.2, 0) is 0 Å². The molecular formula is C26H18Cl4N2O2. The zero-order valence-corrected chi connectivity index (χ0v) is 20.6. The first-order valence-corrected chi connectivity index (χ1v) is 11.5. The second kappa shape index (κ2) is 12.4. The van der Waals surface area contributed by atoms with Gasteiger partial charge < -0.3 is 10.6 Å². The number of anilines is 2. The topological polar surface area (TPSA) is 58.2 Å². The Morgan fingerprint density at radius 3 is 1.12 bits per heavy atom. The summed E-state index contributed by atoms with van der Waals surface area (Å²) >= 11 is 23.3. The van der Waals surface area contributed by atoms with Crippen molar-refractivity contribution in [3.05, 3.63) is 128 Å². The van der Waals surface area contributed by atoms with E-state index in [1.54, 1.807) is 97.1 Å². The van der Waals surface area contributed by atoms with Gasteiger partial charge in [-0.15, -0.1) is 0 Å². The van der Waals surface area contributed by atoms with Crippen molar-refractivity contribution in [1.29, 1.82) is 0 Å². The Balaban J connectivity index is 0.000000191. The molecular weight excluding hydrogens is 514 g/mol. The summed E-state index contributed by atoms with van der Waals surface area (Å²) in [4.78, 5) is 23.7. The van der Waals surface area contributed by atoms with Gasteiger partial charge in [-0.25, -0.2) is 0 Å². The van der Waals surface area contributed by atoms with Crippen LogP contribution in [0.4, 0.5) is 11.4 Å². The molecule has 4 aromatic rings. The Morgan fingerprint density at radius 1 is 0.471 bits per heavy atom. The summed E-state index contributed by atoms with van der Waals surface area (Å²) in [5.74, 6) is -0.426. The molecule has 2 N–H and O–H groups in total. The number of hydrogen-bond donors (Lipinski definition) is 2. The van der Waals surface area contributed by atoms with E-state index in [2.05, 4.69) is 10.6 Å². The predicted molar refractivity (Wildman–Crippen MR) is 142 cm³/mol. The van der Waals surface area contributed by atoms with Crippen molar-refractivity contribution in [2.45, 2.75) is 0 Å². The van der Waals surface area contributed by atoms with Gasteiger partial charge in [0.1, 0.15) is 0 Å². The van der Waals surface area contributed by atoms with E-state index < -0.39 is 0 Å². The second-order valence-corrected chi connectivity index (χ2v) is 8.70. The first-order valence-electron chi connectivity index (χ1n) is 9.95. The zero-order valence-electron chi connectivity index (χ0n) is 17.6. The maximum atomic E-state index is 11.9. The Hall–Kier alpha value is -3.02. The van der Waals surface area contributed by atoms with Crippen LogP contribution in [0.15, 0.2) is 97.1 Å². The zero-order chi connectivity index (χ0) is 24.5. The van der Waals surface area contributed by atoms with Crippen molar-refractivity contribution in [2.24, 2.45) is 0 Å². The molecule has 4 nitrogen and oxygen atoms in total. The van der Waals surface area contributed by atoms with Gasteiger partial charge in [-0.3, -0.25) is 9.59 Å². The number of benzene rings is 4. The lowest BCUT2D eigenvalue weighted by Crippen LogP contribution is -2.11. The van der Waals surface area contributed by atoms with Crippen LogP contribution in [0.1, 0.15) is 20.7 Å². The van der Waals surface area contributed by atoms with Gasteiger partial charge in [-0.05, 0) is 72.8 Å². The lowest BCUT2D eigenvalue weighted by Gasteiger charge is -2.05. The first kappa shape index (κ1) is 25.6. The molecule has 0 atom stereocenters. The highest BCUT2D eigenvalue weighted by molar-refractivity contribution is 6.32. The van der Waals surface area contributed by atoms with Gasteiger partial charge in [0, 0.05) is 42.6 Å². The Morgan fingerprint density at radius 2 is 0.794 bits per heavy atom. The lowest BCUT2D eigenvalue weighted by atomic mass is 10.2. The summed E-state index contributed by atoms with van der Waals surface area (Å²) in [6, 6.07) is 27.5. The van der Waals surface area contributed by atoms with E-state index in [4.69, 9.17) is 46.4 Å². The molecule has 34 heavy (non-hydrogen) atoms. The maximum absolute atomic E-state index is 11.9. The maximum Gasteiger partial charge on any atom is 0.255 e. The third-order valence-corrected chi connectivity index (χ3v) is 5.28. The van der Waals surface area contributed by atoms with E-state index in [1.807, 2.05) is 0 Å². The highest BCUT2D eigenvalue weighted by atomic mass is 35.5. The molecule has 4 aromatic carbocycles. The molecule has 4 rings (SSSR count). The fourth-order valence-corrected chi connectivity index (χ4v) is 3.56. The van der Waals surface area contributed by atoms with Crippen molar-refractivity contribution < 1.29 is 9.59 Å². The summed E-state index contributed by atoms with van der Waals surface area (Å²) in [5, 5.41) is 7.71. The summed E-state index contributed by atoms with van der Waals surface area (Å²) < 4.78 is 0. The molecule has 0 aromatic heterocycles. The average Bonchev–Trinajstić information content (AvgIpc) is 2.79. The van der Waals surface area contributed by atoms with Gasteiger partial charge in [0.05, 0.1) is 0 Å². The number of nitrogens with one attached hydrogen (secondary N) is 2. The summed E-state index contributed by atoms with van der Waals surface area (Å²) in [7, 11) is 0. The minimum atomic E-state index is -0.213. The van der Waals surface area contributed by atoms with Gasteiger partial charge in [0.15, 0.2) is 0 Å². The Kier molecular flexibility index (Phi) is 9.37. The van der Waals surface area contributed by atoms with Crippen molar-refractivity contribution in [1.82, 2.24) is 0 Å². The molecule has 0 aliphatic rings. The van der Waals surface area contributed by atoms with E-state index in [0.717, 1.165) is 0 Å². The highest BCUT2D eigenvalue weighted by Gasteiger charge is 2.07. The van der Waals surface area contributed by atoms with Crippen molar-refractivity contribution >= 4 is 69.6 Å². The number of hydrogen-bond acceptors (Lipinski definition) is 2. The van der Waals surface area contributed by atoms with Crippen molar-refractivity contribution in [3.8, 4) is 0 Å². The van der Waals surface area contributed by atoms with Crippen LogP contribution < -0.4 is 10.6 Å². The van der Waals surface area contributed by atoms with Crippen LogP contribution in [0, 0.1) is 0 Å². The average molecular weight is 532 g/mol. The molecule has 0 radical (unpaired) electrons. The minimum absolute atomic E-state index is 0.213. The molecule has 172 valence electrons. The SMILES string of the molecule is O=C(Nc1cccc(Cl)c1)c1cccc(Cl)c1.O=C(Nc1cccc(Cl)c1)c1cccc(Cl)c1. The Bertz CT molecular complexity index is 1210. The fraction of sp³-hybridized carbons (Fsp3) is 0. The van der Waals surface area contributed by atoms with Crippen LogP contribution >= 0.6 is 46.4 Å². The van der Waals surface area contributed by atoms with Gasteiger partial charge >= 0.3 is 0 Å². The smallest absolute Gasteiger partial charge is 0.255 e. The number of amides is 2.